The van der Waals surface area contributed by atoms with Crippen molar-refractivity contribution in [3.63, 3.8) is 0 Å². The van der Waals surface area contributed by atoms with Gasteiger partial charge in [-0.3, -0.25) is 4.79 Å². The smallest absolute Gasteiger partial charge is 0.227 e. The van der Waals surface area contributed by atoms with Gasteiger partial charge in [0.05, 0.1) is 17.6 Å². The summed E-state index contributed by atoms with van der Waals surface area (Å²) in [6, 6.07) is 0.0778. The topological polar surface area (TPSA) is 64.4 Å². The molecule has 0 aromatic carbocycles. The van der Waals surface area contributed by atoms with E-state index >= 15 is 0 Å². The number of hydrogen-bond donors (Lipinski definition) is 2. The van der Waals surface area contributed by atoms with Crippen molar-refractivity contribution in [1.29, 1.82) is 0 Å². The fraction of sp³-hybridized carbons (Fsp3) is 0.923. The molecule has 1 aliphatic heterocycles. The van der Waals surface area contributed by atoms with E-state index in [1.807, 2.05) is 20.8 Å². The summed E-state index contributed by atoms with van der Waals surface area (Å²) in [6.45, 7) is 7.28. The van der Waals surface area contributed by atoms with Crippen molar-refractivity contribution in [2.75, 3.05) is 13.2 Å². The van der Waals surface area contributed by atoms with Crippen molar-refractivity contribution in [1.82, 2.24) is 5.32 Å². The molecule has 17 heavy (non-hydrogen) atoms. The Morgan fingerprint density at radius 1 is 1.53 bits per heavy atom. The Balaban J connectivity index is 2.56. The predicted molar refractivity (Wildman–Crippen MR) is 68.6 cm³/mol. The average Bonchev–Trinajstić information content (AvgIpc) is 2.85. The van der Waals surface area contributed by atoms with Crippen LogP contribution in [0, 0.1) is 5.41 Å². The molecule has 1 rings (SSSR count). The molecule has 0 bridgehead atoms. The third-order valence-electron chi connectivity index (χ3n) is 4.11. The second-order valence-electron chi connectivity index (χ2n) is 5.01. The lowest BCUT2D eigenvalue weighted by molar-refractivity contribution is -0.132. The van der Waals surface area contributed by atoms with Crippen molar-refractivity contribution in [2.24, 2.45) is 11.1 Å². The molecule has 0 aromatic heterocycles. The van der Waals surface area contributed by atoms with E-state index in [0.29, 0.717) is 6.54 Å². The van der Waals surface area contributed by atoms with Gasteiger partial charge in [-0.1, -0.05) is 13.8 Å². The SMILES string of the molecule is CCC(CC)(CN)C(=O)NC(C)C1CCCO1. The molecule has 0 spiro atoms. The highest BCUT2D eigenvalue weighted by atomic mass is 16.5. The highest BCUT2D eigenvalue weighted by molar-refractivity contribution is 5.83. The lowest BCUT2D eigenvalue weighted by Crippen LogP contribution is -2.50. The zero-order valence-corrected chi connectivity index (χ0v) is 11.3. The highest BCUT2D eigenvalue weighted by Crippen LogP contribution is 2.26. The molecule has 0 radical (unpaired) electrons. The van der Waals surface area contributed by atoms with Crippen LogP contribution in [0.25, 0.3) is 0 Å². The van der Waals surface area contributed by atoms with E-state index < -0.39 is 5.41 Å². The number of carbonyl (C=O) groups excluding carboxylic acids is 1. The average molecular weight is 242 g/mol. The van der Waals surface area contributed by atoms with Crippen LogP contribution in [0.4, 0.5) is 0 Å². The minimum absolute atomic E-state index is 0.0769. The molecule has 4 nitrogen and oxygen atoms in total. The van der Waals surface area contributed by atoms with Crippen LogP contribution in [0.2, 0.25) is 0 Å². The molecule has 1 saturated heterocycles. The molecule has 3 N–H and O–H groups in total. The first kappa shape index (κ1) is 14.5. The van der Waals surface area contributed by atoms with E-state index in [0.717, 1.165) is 32.3 Å². The molecule has 4 heteroatoms. The molecule has 0 aromatic rings. The summed E-state index contributed by atoms with van der Waals surface area (Å²) in [5.41, 5.74) is 5.36. The number of rotatable bonds is 6. The van der Waals surface area contributed by atoms with Gasteiger partial charge in [-0.05, 0) is 32.6 Å². The zero-order valence-electron chi connectivity index (χ0n) is 11.3. The van der Waals surface area contributed by atoms with Crippen molar-refractivity contribution >= 4 is 5.91 Å². The molecule has 1 aliphatic rings. The normalized spacial score (nSPS) is 22.5. The summed E-state index contributed by atoms with van der Waals surface area (Å²) in [5.74, 6) is 0.0769. The van der Waals surface area contributed by atoms with Crippen LogP contribution in [0.15, 0.2) is 0 Å². The number of hydrogen-bond acceptors (Lipinski definition) is 3. The number of carbonyl (C=O) groups is 1. The molecule has 1 amide bonds. The van der Waals surface area contributed by atoms with E-state index in [1.54, 1.807) is 0 Å². The minimum Gasteiger partial charge on any atom is -0.376 e. The van der Waals surface area contributed by atoms with Crippen LogP contribution in [0.5, 0.6) is 0 Å². The molecule has 0 saturated carbocycles. The second-order valence-corrected chi connectivity index (χ2v) is 5.01. The summed E-state index contributed by atoms with van der Waals surface area (Å²) in [7, 11) is 0. The van der Waals surface area contributed by atoms with Crippen LogP contribution in [0.3, 0.4) is 0 Å². The number of nitrogens with one attached hydrogen (secondary N) is 1. The van der Waals surface area contributed by atoms with Crippen LogP contribution in [-0.2, 0) is 9.53 Å². The summed E-state index contributed by atoms with van der Waals surface area (Å²) in [5, 5.41) is 3.07. The standard InChI is InChI=1S/C13H26N2O2/c1-4-13(5-2,9-14)12(16)15-10(3)11-7-6-8-17-11/h10-11H,4-9,14H2,1-3H3,(H,15,16). The van der Waals surface area contributed by atoms with E-state index in [4.69, 9.17) is 10.5 Å². The fourth-order valence-corrected chi connectivity index (χ4v) is 2.40. The maximum absolute atomic E-state index is 12.3. The Labute approximate surface area is 104 Å². The van der Waals surface area contributed by atoms with Crippen LogP contribution in [0.1, 0.15) is 46.5 Å². The Morgan fingerprint density at radius 2 is 2.18 bits per heavy atom. The van der Waals surface area contributed by atoms with Crippen LogP contribution in [-0.4, -0.2) is 31.2 Å². The maximum atomic E-state index is 12.3. The van der Waals surface area contributed by atoms with Gasteiger partial charge >= 0.3 is 0 Å². The van der Waals surface area contributed by atoms with E-state index in [9.17, 15) is 4.79 Å². The molecule has 0 aliphatic carbocycles. The molecule has 1 heterocycles. The number of ether oxygens (including phenoxy) is 1. The molecule has 2 atom stereocenters. The minimum atomic E-state index is -0.410. The molecule has 1 fully saturated rings. The first-order chi connectivity index (χ1) is 8.09. The first-order valence-electron chi connectivity index (χ1n) is 6.72. The van der Waals surface area contributed by atoms with Crippen molar-refractivity contribution in [3.8, 4) is 0 Å². The number of nitrogens with two attached hydrogens (primary N) is 1. The van der Waals surface area contributed by atoms with Crippen LogP contribution < -0.4 is 11.1 Å². The van der Waals surface area contributed by atoms with E-state index in [1.165, 1.54) is 0 Å². The van der Waals surface area contributed by atoms with E-state index in [2.05, 4.69) is 5.32 Å². The van der Waals surface area contributed by atoms with Crippen LogP contribution >= 0.6 is 0 Å². The van der Waals surface area contributed by atoms with Crippen molar-refractivity contribution in [3.05, 3.63) is 0 Å². The van der Waals surface area contributed by atoms with Gasteiger partial charge in [-0.25, -0.2) is 0 Å². The Morgan fingerprint density at radius 3 is 2.59 bits per heavy atom. The zero-order chi connectivity index (χ0) is 12.9. The Bertz CT molecular complexity index is 238. The monoisotopic (exact) mass is 242 g/mol. The lowest BCUT2D eigenvalue weighted by atomic mass is 9.81. The Hall–Kier alpha value is -0.610. The van der Waals surface area contributed by atoms with Crippen molar-refractivity contribution in [2.45, 2.75) is 58.6 Å². The van der Waals surface area contributed by atoms with Gasteiger partial charge in [0.15, 0.2) is 0 Å². The molecule has 100 valence electrons. The van der Waals surface area contributed by atoms with Gasteiger partial charge < -0.3 is 15.8 Å². The van der Waals surface area contributed by atoms with Gasteiger partial charge in [0.2, 0.25) is 5.91 Å². The first-order valence-corrected chi connectivity index (χ1v) is 6.72. The van der Waals surface area contributed by atoms with E-state index in [-0.39, 0.29) is 18.1 Å². The van der Waals surface area contributed by atoms with Gasteiger partial charge in [0.25, 0.3) is 0 Å². The second kappa shape index (κ2) is 6.36. The van der Waals surface area contributed by atoms with Crippen molar-refractivity contribution < 1.29 is 9.53 Å². The third kappa shape index (κ3) is 3.19. The van der Waals surface area contributed by atoms with Gasteiger partial charge in [0.1, 0.15) is 0 Å². The largest absolute Gasteiger partial charge is 0.376 e. The quantitative estimate of drug-likeness (QED) is 0.740. The molecular formula is C13H26N2O2. The molecule has 2 unspecified atom stereocenters. The summed E-state index contributed by atoms with van der Waals surface area (Å²) < 4.78 is 5.58. The fourth-order valence-electron chi connectivity index (χ4n) is 2.40. The molecular weight excluding hydrogens is 216 g/mol. The Kier molecular flexibility index (Phi) is 5.40. The van der Waals surface area contributed by atoms with Gasteiger partial charge in [-0.2, -0.15) is 0 Å². The van der Waals surface area contributed by atoms with Gasteiger partial charge in [0, 0.05) is 13.2 Å². The lowest BCUT2D eigenvalue weighted by Gasteiger charge is -2.31. The summed E-state index contributed by atoms with van der Waals surface area (Å²) in [6.07, 6.45) is 3.86. The maximum Gasteiger partial charge on any atom is 0.227 e. The predicted octanol–water partition coefficient (Wildman–Crippen LogP) is 1.44. The number of amides is 1. The summed E-state index contributed by atoms with van der Waals surface area (Å²) in [4.78, 5) is 12.3. The third-order valence-corrected chi connectivity index (χ3v) is 4.11. The highest BCUT2D eigenvalue weighted by Gasteiger charge is 2.35. The van der Waals surface area contributed by atoms with Gasteiger partial charge in [-0.15, -0.1) is 0 Å². The summed E-state index contributed by atoms with van der Waals surface area (Å²) >= 11 is 0.